The third-order valence-corrected chi connectivity index (χ3v) is 11.1. The highest BCUT2D eigenvalue weighted by Gasteiger charge is 2.38. The predicted molar refractivity (Wildman–Crippen MR) is 207 cm³/mol. The number of benzene rings is 1. The number of aliphatic hydroxyl groups excluding tert-OH is 1. The predicted octanol–water partition coefficient (Wildman–Crippen LogP) is 4.27. The van der Waals surface area contributed by atoms with Crippen molar-refractivity contribution in [2.75, 3.05) is 55.3 Å². The van der Waals surface area contributed by atoms with Crippen molar-refractivity contribution in [1.29, 1.82) is 0 Å². The van der Waals surface area contributed by atoms with Gasteiger partial charge in [-0.2, -0.15) is 0 Å². The summed E-state index contributed by atoms with van der Waals surface area (Å²) in [7, 11) is 3.75. The Morgan fingerprint density at radius 1 is 1.04 bits per heavy atom. The molecule has 1 aliphatic carbocycles. The number of likely N-dealkylation sites (N-methyl/N-ethyl adjacent to an activating group) is 1. The van der Waals surface area contributed by atoms with Gasteiger partial charge in [-0.15, -0.1) is 0 Å². The van der Waals surface area contributed by atoms with Crippen LogP contribution in [-0.4, -0.2) is 85.6 Å². The number of hydrogen-bond acceptors (Lipinski definition) is 9. The molecule has 0 unspecified atom stereocenters. The molecule has 5 heterocycles. The topological polar surface area (TPSA) is 141 Å². The molecule has 3 aliphatic rings. The van der Waals surface area contributed by atoms with Crippen LogP contribution < -0.4 is 21.1 Å². The van der Waals surface area contributed by atoms with E-state index in [9.17, 15) is 19.5 Å². The zero-order valence-electron chi connectivity index (χ0n) is 31.5. The molecule has 1 fully saturated rings. The first kappa shape index (κ1) is 36.3. The van der Waals surface area contributed by atoms with E-state index in [0.717, 1.165) is 44.6 Å². The van der Waals surface area contributed by atoms with Gasteiger partial charge in [0.15, 0.2) is 5.82 Å². The van der Waals surface area contributed by atoms with Crippen LogP contribution in [0.2, 0.25) is 0 Å². The fourth-order valence-electron chi connectivity index (χ4n) is 8.16. The lowest BCUT2D eigenvalue weighted by Crippen LogP contribution is -2.52. The first-order valence-electron chi connectivity index (χ1n) is 18.2. The number of nitrogens with one attached hydrogen (secondary N) is 2. The third-order valence-electron chi connectivity index (χ3n) is 11.1. The zero-order chi connectivity index (χ0) is 37.8. The van der Waals surface area contributed by atoms with E-state index in [4.69, 9.17) is 4.98 Å². The highest BCUT2D eigenvalue weighted by molar-refractivity contribution is 6.06. The van der Waals surface area contributed by atoms with Gasteiger partial charge in [-0.25, -0.2) is 9.97 Å². The van der Waals surface area contributed by atoms with E-state index in [1.165, 1.54) is 21.9 Å². The van der Waals surface area contributed by atoms with E-state index in [2.05, 4.69) is 71.3 Å². The van der Waals surface area contributed by atoms with Gasteiger partial charge in [-0.05, 0) is 80.6 Å². The van der Waals surface area contributed by atoms with Gasteiger partial charge in [0.2, 0.25) is 5.91 Å². The summed E-state index contributed by atoms with van der Waals surface area (Å²) in [4.78, 5) is 55.7. The minimum absolute atomic E-state index is 0.0589. The van der Waals surface area contributed by atoms with Crippen molar-refractivity contribution in [3.05, 3.63) is 93.8 Å². The smallest absolute Gasteiger partial charge is 0.293 e. The van der Waals surface area contributed by atoms with E-state index in [-0.39, 0.29) is 28.6 Å². The van der Waals surface area contributed by atoms with Crippen LogP contribution >= 0.6 is 0 Å². The van der Waals surface area contributed by atoms with Gasteiger partial charge in [-0.1, -0.05) is 26.5 Å². The molecular formula is C40H49N9O4. The molecule has 2 amide bonds. The summed E-state index contributed by atoms with van der Waals surface area (Å²) in [6.07, 6.45) is 6.31. The normalized spacial score (nSPS) is 17.4. The molecule has 0 bridgehead atoms. The van der Waals surface area contributed by atoms with Crippen LogP contribution in [0.3, 0.4) is 0 Å². The van der Waals surface area contributed by atoms with Crippen LogP contribution in [0.15, 0.2) is 60.2 Å². The molecule has 2 aliphatic heterocycles. The molecule has 4 aromatic rings. The second-order valence-corrected chi connectivity index (χ2v) is 15.8. The Bertz CT molecular complexity index is 2170. The van der Waals surface area contributed by atoms with Gasteiger partial charge in [0, 0.05) is 92.4 Å². The molecule has 1 aromatic carbocycles. The van der Waals surface area contributed by atoms with Crippen LogP contribution in [0.4, 0.5) is 23.0 Å². The Balaban J connectivity index is 1.21. The van der Waals surface area contributed by atoms with Crippen LogP contribution in [0.1, 0.15) is 60.6 Å². The van der Waals surface area contributed by atoms with Crippen molar-refractivity contribution in [2.45, 2.75) is 59.2 Å². The van der Waals surface area contributed by atoms with Crippen molar-refractivity contribution in [1.82, 2.24) is 28.9 Å². The van der Waals surface area contributed by atoms with Gasteiger partial charge >= 0.3 is 0 Å². The van der Waals surface area contributed by atoms with Crippen molar-refractivity contribution in [3.8, 4) is 11.3 Å². The number of anilines is 4. The van der Waals surface area contributed by atoms with E-state index >= 15 is 0 Å². The quantitative estimate of drug-likeness (QED) is 0.217. The van der Waals surface area contributed by atoms with Crippen molar-refractivity contribution in [3.63, 3.8) is 0 Å². The van der Waals surface area contributed by atoms with Gasteiger partial charge < -0.3 is 29.8 Å². The molecule has 13 nitrogen and oxygen atoms in total. The Morgan fingerprint density at radius 3 is 2.51 bits per heavy atom. The Hall–Kier alpha value is -5.11. The summed E-state index contributed by atoms with van der Waals surface area (Å²) < 4.78 is 3.57. The number of pyridine rings is 1. The maximum atomic E-state index is 13.9. The highest BCUT2D eigenvalue weighted by Crippen LogP contribution is 2.40. The van der Waals surface area contributed by atoms with Crippen molar-refractivity contribution >= 4 is 34.8 Å². The van der Waals surface area contributed by atoms with E-state index < -0.39 is 12.1 Å². The number of rotatable bonds is 9. The highest BCUT2D eigenvalue weighted by atomic mass is 16.3. The second kappa shape index (κ2) is 13.7. The molecule has 3 aromatic heterocycles. The second-order valence-electron chi connectivity index (χ2n) is 15.8. The standard InChI is InChI=1S/C40H49N9O4/c1-8-34(51)43-30-20-26(9-10-29(30)40(4,5)47-15-13-45(6)14-16-47)42-35-38(53)46(7)23-31(44-35)27-11-12-41-36(28(27)24-50)49-18-17-48-32(37(49)52)19-25-21-39(2,3)22-33(25)48/h8-12,19-20,23,50H,1,13-18,21-22,24H2,2-7H3,(H,42,44)(H,43,51). The summed E-state index contributed by atoms with van der Waals surface area (Å²) >= 11 is 0. The van der Waals surface area contributed by atoms with E-state index in [1.807, 2.05) is 18.2 Å². The molecule has 0 saturated carbocycles. The molecule has 7 rings (SSSR count). The third kappa shape index (κ3) is 6.68. The molecule has 278 valence electrons. The molecule has 3 N–H and O–H groups in total. The largest absolute Gasteiger partial charge is 0.392 e. The first-order valence-corrected chi connectivity index (χ1v) is 18.2. The van der Waals surface area contributed by atoms with Crippen LogP contribution in [0.25, 0.3) is 11.3 Å². The van der Waals surface area contributed by atoms with Gasteiger partial charge in [0.1, 0.15) is 11.5 Å². The Kier molecular flexibility index (Phi) is 9.37. The summed E-state index contributed by atoms with van der Waals surface area (Å²) in [6, 6.07) is 9.40. The number of hydrogen-bond donors (Lipinski definition) is 3. The fourth-order valence-corrected chi connectivity index (χ4v) is 8.16. The first-order chi connectivity index (χ1) is 25.2. The molecule has 0 spiro atoms. The molecule has 0 atom stereocenters. The van der Waals surface area contributed by atoms with Gasteiger partial charge in [-0.3, -0.25) is 24.2 Å². The maximum absolute atomic E-state index is 13.9. The molecule has 0 radical (unpaired) electrons. The average molecular weight is 720 g/mol. The Labute approximate surface area is 310 Å². The zero-order valence-corrected chi connectivity index (χ0v) is 31.5. The lowest BCUT2D eigenvalue weighted by molar-refractivity contribution is -0.111. The summed E-state index contributed by atoms with van der Waals surface area (Å²) in [5, 5.41) is 16.9. The maximum Gasteiger partial charge on any atom is 0.293 e. The molecule has 53 heavy (non-hydrogen) atoms. The average Bonchev–Trinajstić information content (AvgIpc) is 3.62. The number of nitrogens with zero attached hydrogens (tertiary/aromatic N) is 7. The minimum Gasteiger partial charge on any atom is -0.392 e. The minimum atomic E-state index is -0.395. The number of piperazine rings is 1. The molecule has 1 saturated heterocycles. The monoisotopic (exact) mass is 719 g/mol. The van der Waals surface area contributed by atoms with E-state index in [0.29, 0.717) is 52.8 Å². The fraction of sp³-hybridized carbons (Fsp3) is 0.425. The van der Waals surface area contributed by atoms with Crippen LogP contribution in [-0.2, 0) is 43.4 Å². The number of aryl methyl sites for hydroxylation is 1. The Morgan fingerprint density at radius 2 is 1.79 bits per heavy atom. The van der Waals surface area contributed by atoms with Gasteiger partial charge in [0.05, 0.1) is 12.3 Å². The van der Waals surface area contributed by atoms with Crippen LogP contribution in [0.5, 0.6) is 0 Å². The number of amides is 2. The number of carbonyl (C=O) groups is 2. The molecule has 13 heteroatoms. The molecular weight excluding hydrogens is 670 g/mol. The van der Waals surface area contributed by atoms with Gasteiger partial charge in [0.25, 0.3) is 11.5 Å². The summed E-state index contributed by atoms with van der Waals surface area (Å²) in [6.45, 7) is 16.8. The van der Waals surface area contributed by atoms with Crippen molar-refractivity contribution in [2.24, 2.45) is 12.5 Å². The number of aromatic nitrogens is 4. The lowest BCUT2D eigenvalue weighted by atomic mass is 9.89. The number of carbonyl (C=O) groups excluding carboxylic acids is 2. The summed E-state index contributed by atoms with van der Waals surface area (Å²) in [5.41, 5.74) is 6.02. The SMILES string of the molecule is C=CC(=O)Nc1cc(Nc2nc(-c3ccnc(N4CCn5c(cc6c5CC(C)(C)C6)C4=O)c3CO)cn(C)c2=O)ccc1C(C)(C)N1CCN(C)CC1. The number of fused-ring (bicyclic) bond motifs is 3. The van der Waals surface area contributed by atoms with E-state index in [1.54, 1.807) is 36.5 Å². The van der Waals surface area contributed by atoms with Crippen LogP contribution in [0, 0.1) is 5.41 Å². The van der Waals surface area contributed by atoms with Crippen molar-refractivity contribution < 1.29 is 14.7 Å². The number of aliphatic hydroxyl groups is 1. The lowest BCUT2D eigenvalue weighted by Gasteiger charge is -2.44. The summed E-state index contributed by atoms with van der Waals surface area (Å²) in [5.74, 6) is -0.0675.